The fourth-order valence-electron chi connectivity index (χ4n) is 9.28. The summed E-state index contributed by atoms with van der Waals surface area (Å²) in [5, 5.41) is 0. The van der Waals surface area contributed by atoms with Gasteiger partial charge in [0.25, 0.3) is 0 Å². The van der Waals surface area contributed by atoms with Gasteiger partial charge in [0.2, 0.25) is 0 Å². The molecule has 0 saturated carbocycles. The lowest BCUT2D eigenvalue weighted by atomic mass is 10.0. The molecule has 6 heteroatoms. The third-order valence-corrected chi connectivity index (χ3v) is 13.8. The first kappa shape index (κ1) is 64.4. The molecular formula is C60H116O6. The van der Waals surface area contributed by atoms with Crippen LogP contribution < -0.4 is 0 Å². The van der Waals surface area contributed by atoms with E-state index in [-0.39, 0.29) is 31.1 Å². The summed E-state index contributed by atoms with van der Waals surface area (Å²) in [5.74, 6) is -0.0182. The number of carbonyl (C=O) groups excluding carboxylic acids is 3. The van der Waals surface area contributed by atoms with E-state index in [9.17, 15) is 14.4 Å². The molecule has 0 aliphatic rings. The van der Waals surface area contributed by atoms with E-state index in [0.717, 1.165) is 63.7 Å². The van der Waals surface area contributed by atoms with Gasteiger partial charge >= 0.3 is 17.9 Å². The molecule has 0 aliphatic carbocycles. The van der Waals surface area contributed by atoms with Crippen LogP contribution in [0.25, 0.3) is 0 Å². The molecule has 0 rings (SSSR count). The first-order chi connectivity index (χ1) is 32.4. The number of carbonyl (C=O) groups is 3. The fraction of sp³-hybridized carbons (Fsp3) is 0.950. The van der Waals surface area contributed by atoms with Crippen LogP contribution in [0.5, 0.6) is 0 Å². The van der Waals surface area contributed by atoms with Crippen molar-refractivity contribution in [2.45, 2.75) is 348 Å². The van der Waals surface area contributed by atoms with Crippen LogP contribution in [-0.2, 0) is 28.6 Å². The fourth-order valence-corrected chi connectivity index (χ4v) is 9.28. The molecule has 0 heterocycles. The van der Waals surface area contributed by atoms with Gasteiger partial charge in [0, 0.05) is 19.3 Å². The van der Waals surface area contributed by atoms with Crippen molar-refractivity contribution in [1.29, 1.82) is 0 Å². The molecule has 0 aromatic heterocycles. The minimum atomic E-state index is -0.762. The second-order valence-corrected chi connectivity index (χ2v) is 21.1. The first-order valence-electron chi connectivity index (χ1n) is 29.9. The minimum Gasteiger partial charge on any atom is -0.462 e. The Bertz CT molecular complexity index is 996. The lowest BCUT2D eigenvalue weighted by Gasteiger charge is -2.18. The largest absolute Gasteiger partial charge is 0.462 e. The summed E-state index contributed by atoms with van der Waals surface area (Å²) >= 11 is 0. The van der Waals surface area contributed by atoms with Crippen molar-refractivity contribution in [3.63, 3.8) is 0 Å². The van der Waals surface area contributed by atoms with Gasteiger partial charge in [-0.2, -0.15) is 0 Å². The summed E-state index contributed by atoms with van der Waals surface area (Å²) in [6, 6.07) is 0. The highest BCUT2D eigenvalue weighted by molar-refractivity contribution is 5.71. The van der Waals surface area contributed by atoms with Crippen LogP contribution in [0.15, 0.2) is 0 Å². The number of ether oxygens (including phenoxy) is 3. The maximum Gasteiger partial charge on any atom is 0.306 e. The quantitative estimate of drug-likeness (QED) is 0.0343. The van der Waals surface area contributed by atoms with Gasteiger partial charge in [-0.15, -0.1) is 0 Å². The summed E-state index contributed by atoms with van der Waals surface area (Å²) in [6.45, 7) is 9.05. The summed E-state index contributed by atoms with van der Waals surface area (Å²) in [6.07, 6.45) is 59.6. The van der Waals surface area contributed by atoms with Crippen LogP contribution >= 0.6 is 0 Å². The second kappa shape index (κ2) is 54.4. The predicted octanol–water partition coefficient (Wildman–Crippen LogP) is 19.8. The molecule has 392 valence electrons. The van der Waals surface area contributed by atoms with Crippen molar-refractivity contribution in [3.05, 3.63) is 0 Å². The van der Waals surface area contributed by atoms with E-state index in [2.05, 4.69) is 27.7 Å². The number of rotatable bonds is 55. The Labute approximate surface area is 412 Å². The van der Waals surface area contributed by atoms with Crippen LogP contribution in [0.3, 0.4) is 0 Å². The summed E-state index contributed by atoms with van der Waals surface area (Å²) in [7, 11) is 0. The monoisotopic (exact) mass is 933 g/mol. The van der Waals surface area contributed by atoms with Gasteiger partial charge in [-0.1, -0.05) is 304 Å². The lowest BCUT2D eigenvalue weighted by Crippen LogP contribution is -2.30. The molecule has 0 bridgehead atoms. The Hall–Kier alpha value is -1.59. The van der Waals surface area contributed by atoms with Gasteiger partial charge in [-0.05, 0) is 25.2 Å². The second-order valence-electron chi connectivity index (χ2n) is 21.1. The molecule has 0 aromatic rings. The summed E-state index contributed by atoms with van der Waals surface area (Å²) in [4.78, 5) is 38.2. The first-order valence-corrected chi connectivity index (χ1v) is 29.9. The summed E-state index contributed by atoms with van der Waals surface area (Å²) in [5.41, 5.74) is 0. The third kappa shape index (κ3) is 53.4. The average Bonchev–Trinajstić information content (AvgIpc) is 3.30. The zero-order chi connectivity index (χ0) is 48.1. The molecule has 66 heavy (non-hydrogen) atoms. The zero-order valence-corrected chi connectivity index (χ0v) is 45.2. The highest BCUT2D eigenvalue weighted by Crippen LogP contribution is 2.18. The van der Waals surface area contributed by atoms with E-state index in [4.69, 9.17) is 14.2 Å². The molecular weight excluding hydrogens is 817 g/mol. The van der Waals surface area contributed by atoms with E-state index in [1.807, 2.05) is 0 Å². The Kier molecular flexibility index (Phi) is 53.0. The Balaban J connectivity index is 4.26. The Morgan fingerprint density at radius 1 is 0.288 bits per heavy atom. The van der Waals surface area contributed by atoms with Crippen LogP contribution in [0.2, 0.25) is 0 Å². The van der Waals surface area contributed by atoms with Gasteiger partial charge in [-0.3, -0.25) is 14.4 Å². The van der Waals surface area contributed by atoms with E-state index in [1.54, 1.807) is 0 Å². The van der Waals surface area contributed by atoms with Crippen molar-refractivity contribution >= 4 is 17.9 Å². The molecule has 0 spiro atoms. The smallest absolute Gasteiger partial charge is 0.306 e. The number of hydrogen-bond donors (Lipinski definition) is 0. The molecule has 0 aliphatic heterocycles. The maximum atomic E-state index is 12.8. The van der Waals surface area contributed by atoms with Crippen molar-refractivity contribution < 1.29 is 28.6 Å². The molecule has 0 fully saturated rings. The van der Waals surface area contributed by atoms with Crippen LogP contribution in [0.4, 0.5) is 0 Å². The molecule has 1 atom stereocenters. The maximum absolute atomic E-state index is 12.8. The molecule has 0 N–H and O–H groups in total. The third-order valence-electron chi connectivity index (χ3n) is 13.8. The lowest BCUT2D eigenvalue weighted by molar-refractivity contribution is -0.167. The minimum absolute atomic E-state index is 0.0620. The van der Waals surface area contributed by atoms with E-state index < -0.39 is 6.10 Å². The highest BCUT2D eigenvalue weighted by Gasteiger charge is 2.19. The van der Waals surface area contributed by atoms with Gasteiger partial charge in [0.15, 0.2) is 6.10 Å². The molecule has 0 amide bonds. The average molecular weight is 934 g/mol. The number of unbranched alkanes of at least 4 members (excludes halogenated alkanes) is 42. The van der Waals surface area contributed by atoms with Gasteiger partial charge in [-0.25, -0.2) is 0 Å². The van der Waals surface area contributed by atoms with Crippen LogP contribution in [0, 0.1) is 5.92 Å². The normalized spacial score (nSPS) is 12.0. The zero-order valence-electron chi connectivity index (χ0n) is 45.2. The van der Waals surface area contributed by atoms with E-state index >= 15 is 0 Å². The predicted molar refractivity (Wildman–Crippen MR) is 284 cm³/mol. The van der Waals surface area contributed by atoms with Crippen molar-refractivity contribution in [2.75, 3.05) is 13.2 Å². The number of hydrogen-bond acceptors (Lipinski definition) is 6. The standard InChI is InChI=1S/C60H116O6/c1-5-7-9-11-13-15-17-19-21-23-25-27-29-31-36-40-44-48-52-59(62)65-55-57(66-60(63)53-49-45-41-37-33-32-34-38-42-46-50-56(3)4)54-64-58(61)51-47-43-39-35-30-28-26-24-22-20-18-16-14-12-10-8-6-2/h56-57H,5-55H2,1-4H3/t57-/m0/s1. The molecule has 0 unspecified atom stereocenters. The van der Waals surface area contributed by atoms with Crippen molar-refractivity contribution in [2.24, 2.45) is 5.92 Å². The molecule has 0 aromatic carbocycles. The van der Waals surface area contributed by atoms with Gasteiger partial charge in [0.1, 0.15) is 13.2 Å². The SMILES string of the molecule is CCCCCCCCCCCCCCCCCCCCC(=O)OC[C@H](COC(=O)CCCCCCCCCCCCCCCCCCC)OC(=O)CCCCCCCCCCCCC(C)C. The van der Waals surface area contributed by atoms with E-state index in [0.29, 0.717) is 19.3 Å². The number of esters is 3. The topological polar surface area (TPSA) is 78.9 Å². The van der Waals surface area contributed by atoms with Crippen molar-refractivity contribution in [3.8, 4) is 0 Å². The highest BCUT2D eigenvalue weighted by atomic mass is 16.6. The molecule has 0 saturated heterocycles. The summed E-state index contributed by atoms with van der Waals surface area (Å²) < 4.78 is 16.9. The van der Waals surface area contributed by atoms with E-state index in [1.165, 1.54) is 238 Å². The van der Waals surface area contributed by atoms with Crippen LogP contribution in [-0.4, -0.2) is 37.2 Å². The van der Waals surface area contributed by atoms with Gasteiger partial charge < -0.3 is 14.2 Å². The Morgan fingerprint density at radius 3 is 0.742 bits per heavy atom. The van der Waals surface area contributed by atoms with Crippen molar-refractivity contribution in [1.82, 2.24) is 0 Å². The molecule has 6 nitrogen and oxygen atoms in total. The van der Waals surface area contributed by atoms with Gasteiger partial charge in [0.05, 0.1) is 0 Å². The molecule has 0 radical (unpaired) electrons. The Morgan fingerprint density at radius 2 is 0.500 bits per heavy atom. The van der Waals surface area contributed by atoms with Crippen LogP contribution in [0.1, 0.15) is 342 Å².